The van der Waals surface area contributed by atoms with Crippen LogP contribution >= 0.6 is 0 Å². The second-order valence-electron chi connectivity index (χ2n) is 8.20. The number of anilines is 1. The van der Waals surface area contributed by atoms with E-state index >= 15 is 0 Å². The number of hydrogen-bond donors (Lipinski definition) is 1. The molecule has 3 rings (SSSR count). The van der Waals surface area contributed by atoms with E-state index in [1.165, 1.54) is 32.4 Å². The van der Waals surface area contributed by atoms with Crippen molar-refractivity contribution in [3.63, 3.8) is 0 Å². The molecular weight excluding hydrogens is 434 g/mol. The molecule has 0 spiro atoms. The SMILES string of the molecule is COCOc1cc(OC)cc2c1C(=O)O[C@@H](C)C/C=C/C(=O)[C@H]1OC(C)(C)O[C@@H]1CC(=O)N2. The van der Waals surface area contributed by atoms with Crippen molar-refractivity contribution >= 4 is 23.3 Å². The molecule has 1 fully saturated rings. The zero-order valence-electron chi connectivity index (χ0n) is 19.3. The molecule has 1 saturated heterocycles. The van der Waals surface area contributed by atoms with Crippen molar-refractivity contribution in [3.05, 3.63) is 29.8 Å². The molecule has 1 N–H and O–H groups in total. The van der Waals surface area contributed by atoms with E-state index < -0.39 is 36.0 Å². The van der Waals surface area contributed by atoms with Crippen LogP contribution in [0.5, 0.6) is 11.5 Å². The largest absolute Gasteiger partial charge is 0.497 e. The van der Waals surface area contributed by atoms with Crippen molar-refractivity contribution in [2.75, 3.05) is 26.3 Å². The van der Waals surface area contributed by atoms with Gasteiger partial charge in [-0.05, 0) is 26.8 Å². The van der Waals surface area contributed by atoms with Crippen LogP contribution in [0.15, 0.2) is 24.3 Å². The van der Waals surface area contributed by atoms with E-state index in [1.54, 1.807) is 26.8 Å². The first-order valence-corrected chi connectivity index (χ1v) is 10.5. The number of amides is 1. The molecular formula is C23H29NO9. The van der Waals surface area contributed by atoms with Gasteiger partial charge in [0.05, 0.1) is 19.2 Å². The third-order valence-corrected chi connectivity index (χ3v) is 5.03. The quantitative estimate of drug-likeness (QED) is 0.531. The number of nitrogens with one attached hydrogen (secondary N) is 1. The summed E-state index contributed by atoms with van der Waals surface area (Å²) < 4.78 is 32.9. The molecule has 2 heterocycles. The zero-order chi connectivity index (χ0) is 24.2. The van der Waals surface area contributed by atoms with Gasteiger partial charge in [0.15, 0.2) is 18.4 Å². The van der Waals surface area contributed by atoms with Gasteiger partial charge in [0, 0.05) is 25.7 Å². The molecule has 10 heteroatoms. The van der Waals surface area contributed by atoms with Gasteiger partial charge in [-0.1, -0.05) is 6.08 Å². The molecule has 10 nitrogen and oxygen atoms in total. The minimum Gasteiger partial charge on any atom is -0.497 e. The number of methoxy groups -OCH3 is 2. The number of carbonyl (C=O) groups is 3. The fourth-order valence-electron chi connectivity index (χ4n) is 3.62. The number of hydrogen-bond acceptors (Lipinski definition) is 9. The highest BCUT2D eigenvalue weighted by atomic mass is 16.8. The second kappa shape index (κ2) is 10.3. The molecule has 2 aliphatic rings. The van der Waals surface area contributed by atoms with Crippen molar-refractivity contribution in [1.29, 1.82) is 0 Å². The first-order valence-electron chi connectivity index (χ1n) is 10.5. The van der Waals surface area contributed by atoms with Gasteiger partial charge in [-0.2, -0.15) is 0 Å². The highest BCUT2D eigenvalue weighted by Crippen LogP contribution is 2.35. The summed E-state index contributed by atoms with van der Waals surface area (Å²) in [6, 6.07) is 2.99. The van der Waals surface area contributed by atoms with Crippen LogP contribution in [-0.4, -0.2) is 62.8 Å². The van der Waals surface area contributed by atoms with Crippen LogP contribution in [0.3, 0.4) is 0 Å². The van der Waals surface area contributed by atoms with Gasteiger partial charge in [0.25, 0.3) is 0 Å². The van der Waals surface area contributed by atoms with Gasteiger partial charge in [-0.25, -0.2) is 4.79 Å². The van der Waals surface area contributed by atoms with E-state index in [1.807, 2.05) is 0 Å². The summed E-state index contributed by atoms with van der Waals surface area (Å²) in [4.78, 5) is 38.7. The molecule has 1 aromatic carbocycles. The van der Waals surface area contributed by atoms with Gasteiger partial charge in [0.2, 0.25) is 5.91 Å². The first-order chi connectivity index (χ1) is 15.6. The number of cyclic esters (lactones) is 1. The summed E-state index contributed by atoms with van der Waals surface area (Å²) in [5.41, 5.74) is 0.155. The zero-order valence-corrected chi connectivity index (χ0v) is 19.3. The predicted molar refractivity (Wildman–Crippen MR) is 116 cm³/mol. The fourth-order valence-corrected chi connectivity index (χ4v) is 3.62. The van der Waals surface area contributed by atoms with Crippen molar-refractivity contribution in [1.82, 2.24) is 0 Å². The first kappa shape index (κ1) is 24.7. The number of ketones is 1. The highest BCUT2D eigenvalue weighted by Gasteiger charge is 2.45. The van der Waals surface area contributed by atoms with Crippen LogP contribution in [0, 0.1) is 0 Å². The molecule has 1 aromatic rings. The third-order valence-electron chi connectivity index (χ3n) is 5.03. The average molecular weight is 463 g/mol. The number of benzene rings is 1. The number of ether oxygens (including phenoxy) is 6. The van der Waals surface area contributed by atoms with Gasteiger partial charge in [-0.3, -0.25) is 9.59 Å². The lowest BCUT2D eigenvalue weighted by Crippen LogP contribution is -2.34. The monoisotopic (exact) mass is 463 g/mol. The smallest absolute Gasteiger partial charge is 0.344 e. The van der Waals surface area contributed by atoms with E-state index in [0.29, 0.717) is 12.2 Å². The maximum absolute atomic E-state index is 13.0. The Morgan fingerprint density at radius 3 is 2.61 bits per heavy atom. The van der Waals surface area contributed by atoms with Crippen molar-refractivity contribution < 1.29 is 42.8 Å². The number of carbonyl (C=O) groups excluding carboxylic acids is 3. The van der Waals surface area contributed by atoms with Crippen molar-refractivity contribution in [2.24, 2.45) is 0 Å². The summed E-state index contributed by atoms with van der Waals surface area (Å²) in [5, 5.41) is 2.70. The van der Waals surface area contributed by atoms with Gasteiger partial charge in [-0.15, -0.1) is 0 Å². The molecule has 0 aromatic heterocycles. The Kier molecular flexibility index (Phi) is 7.72. The summed E-state index contributed by atoms with van der Waals surface area (Å²) in [5.74, 6) is -2.08. The van der Waals surface area contributed by atoms with Crippen LogP contribution in [0.2, 0.25) is 0 Å². The lowest BCUT2D eigenvalue weighted by Gasteiger charge is -2.20. The van der Waals surface area contributed by atoms with E-state index in [4.69, 9.17) is 28.4 Å². The van der Waals surface area contributed by atoms with Gasteiger partial charge < -0.3 is 33.7 Å². The van der Waals surface area contributed by atoms with E-state index in [0.717, 1.165) is 0 Å². The Morgan fingerprint density at radius 1 is 1.15 bits per heavy atom. The third kappa shape index (κ3) is 6.10. The number of fused-ring (bicyclic) bond motifs is 2. The molecule has 2 aliphatic heterocycles. The molecule has 0 saturated carbocycles. The predicted octanol–water partition coefficient (Wildman–Crippen LogP) is 2.60. The molecule has 0 aliphatic carbocycles. The van der Waals surface area contributed by atoms with Crippen molar-refractivity contribution in [3.8, 4) is 11.5 Å². The number of rotatable bonds is 4. The minimum absolute atomic E-state index is 0.0191. The molecule has 3 atom stereocenters. The van der Waals surface area contributed by atoms with E-state index in [-0.39, 0.29) is 36.0 Å². The Hall–Kier alpha value is -2.95. The minimum atomic E-state index is -1.03. The molecule has 0 unspecified atom stereocenters. The summed E-state index contributed by atoms with van der Waals surface area (Å²) >= 11 is 0. The molecule has 1 amide bonds. The normalized spacial score (nSPS) is 26.3. The fraction of sp³-hybridized carbons (Fsp3) is 0.522. The van der Waals surface area contributed by atoms with Crippen LogP contribution in [0.1, 0.15) is 44.0 Å². The Bertz CT molecular complexity index is 940. The van der Waals surface area contributed by atoms with E-state index in [2.05, 4.69) is 5.32 Å². The molecule has 180 valence electrons. The van der Waals surface area contributed by atoms with E-state index in [9.17, 15) is 14.4 Å². The van der Waals surface area contributed by atoms with Crippen molar-refractivity contribution in [2.45, 2.75) is 57.7 Å². The van der Waals surface area contributed by atoms with Crippen LogP contribution in [0.4, 0.5) is 5.69 Å². The summed E-state index contributed by atoms with van der Waals surface area (Å²) in [6.07, 6.45) is 0.793. The van der Waals surface area contributed by atoms with Gasteiger partial charge >= 0.3 is 5.97 Å². The maximum atomic E-state index is 13.0. The maximum Gasteiger partial charge on any atom is 0.344 e. The summed E-state index contributed by atoms with van der Waals surface area (Å²) in [7, 11) is 2.89. The Labute approximate surface area is 192 Å². The Balaban J connectivity index is 2.03. The molecule has 0 radical (unpaired) electrons. The lowest BCUT2D eigenvalue weighted by molar-refractivity contribution is -0.153. The van der Waals surface area contributed by atoms with Crippen LogP contribution < -0.4 is 14.8 Å². The number of esters is 1. The topological polar surface area (TPSA) is 119 Å². The highest BCUT2D eigenvalue weighted by molar-refractivity contribution is 6.04. The van der Waals surface area contributed by atoms with Gasteiger partial charge in [0.1, 0.15) is 35.4 Å². The standard InChI is InChI=1S/C23H29NO9/c1-13-7-6-8-16(25)21-18(32-23(2,3)33-21)11-19(26)24-15-9-14(29-5)10-17(30-12-28-4)20(15)22(27)31-13/h6,8-10,13,18,21H,7,11-12H2,1-5H3,(H,24,26)/b8-6+/t13-,18+,21+/m0/s1. The second-order valence-corrected chi connectivity index (χ2v) is 8.20. The molecule has 33 heavy (non-hydrogen) atoms. The average Bonchev–Trinajstić information content (AvgIpc) is 3.04. The van der Waals surface area contributed by atoms with Crippen LogP contribution in [-0.2, 0) is 28.5 Å². The Morgan fingerprint density at radius 2 is 1.91 bits per heavy atom. The van der Waals surface area contributed by atoms with Crippen LogP contribution in [0.25, 0.3) is 0 Å². The lowest BCUT2D eigenvalue weighted by atomic mass is 10.0. The molecule has 0 bridgehead atoms. The summed E-state index contributed by atoms with van der Waals surface area (Å²) in [6.45, 7) is 4.91.